The number of carbonyl (C=O) groups excluding carboxylic acids is 1. The Morgan fingerprint density at radius 1 is 1.45 bits per heavy atom. The molecule has 2 N–H and O–H groups in total. The molecule has 3 heterocycles. The lowest BCUT2D eigenvalue weighted by Crippen LogP contribution is -2.22. The zero-order valence-corrected chi connectivity index (χ0v) is 13.5. The molecule has 0 fully saturated rings. The molecule has 2 aromatic rings. The number of fused-ring (bicyclic) bond motifs is 1. The molecule has 0 aromatic carbocycles. The second-order valence-electron chi connectivity index (χ2n) is 4.30. The Kier molecular flexibility index (Phi) is 3.89. The summed E-state index contributed by atoms with van der Waals surface area (Å²) in [5, 5.41) is 16.1. The normalized spacial score (nSPS) is 13.6. The smallest absolute Gasteiger partial charge is 0.266 e. The average Bonchev–Trinajstić information content (AvgIpc) is 3.01. The third-order valence-corrected chi connectivity index (χ3v) is 5.83. The lowest BCUT2D eigenvalue weighted by atomic mass is 10.1. The summed E-state index contributed by atoms with van der Waals surface area (Å²) in [5.41, 5.74) is 1.70. The Labute approximate surface area is 132 Å². The molecule has 1 amide bonds. The molecule has 0 saturated heterocycles. The quantitative estimate of drug-likeness (QED) is 0.855. The Morgan fingerprint density at radius 3 is 3.00 bits per heavy atom. The van der Waals surface area contributed by atoms with Crippen molar-refractivity contribution in [2.45, 2.75) is 13.0 Å². The van der Waals surface area contributed by atoms with Gasteiger partial charge in [-0.25, -0.2) is 0 Å². The summed E-state index contributed by atoms with van der Waals surface area (Å²) < 4.78 is 0.915. The lowest BCUT2D eigenvalue weighted by Gasteiger charge is -2.11. The summed E-state index contributed by atoms with van der Waals surface area (Å²) in [7, 11) is 0. The fourth-order valence-corrected chi connectivity index (χ4v) is 4.59. The maximum Gasteiger partial charge on any atom is 0.266 e. The van der Waals surface area contributed by atoms with Gasteiger partial charge in [0.25, 0.3) is 5.91 Å². The van der Waals surface area contributed by atoms with Crippen molar-refractivity contribution in [2.75, 3.05) is 11.9 Å². The van der Waals surface area contributed by atoms with Crippen LogP contribution in [0.2, 0.25) is 0 Å². The highest BCUT2D eigenvalue weighted by Gasteiger charge is 2.22. The number of hydrogen-bond acceptors (Lipinski definition) is 5. The highest BCUT2D eigenvalue weighted by Crippen LogP contribution is 2.35. The van der Waals surface area contributed by atoms with E-state index in [2.05, 4.69) is 32.6 Å². The van der Waals surface area contributed by atoms with Crippen molar-refractivity contribution >= 4 is 49.5 Å². The number of amides is 1. The number of nitrogens with one attached hydrogen (secondary N) is 2. The van der Waals surface area contributed by atoms with E-state index in [-0.39, 0.29) is 5.91 Å². The van der Waals surface area contributed by atoms with E-state index < -0.39 is 0 Å². The fourth-order valence-electron chi connectivity index (χ4n) is 2.14. The van der Waals surface area contributed by atoms with E-state index in [1.165, 1.54) is 22.7 Å². The number of rotatable bonds is 2. The predicted octanol–water partition coefficient (Wildman–Crippen LogP) is 3.34. The van der Waals surface area contributed by atoms with Gasteiger partial charge in [-0.1, -0.05) is 0 Å². The molecule has 3 rings (SSSR count). The number of nitrogens with zero attached hydrogens (tertiary/aromatic N) is 1. The summed E-state index contributed by atoms with van der Waals surface area (Å²) >= 11 is 6.21. The van der Waals surface area contributed by atoms with E-state index in [1.807, 2.05) is 6.07 Å². The first-order valence-corrected chi connectivity index (χ1v) is 8.43. The number of carbonyl (C=O) groups is 1. The van der Waals surface area contributed by atoms with Crippen LogP contribution in [0.4, 0.5) is 5.00 Å². The molecule has 1 aliphatic rings. The van der Waals surface area contributed by atoms with Crippen molar-refractivity contribution in [1.82, 2.24) is 5.32 Å². The minimum atomic E-state index is -0.163. The first kappa shape index (κ1) is 13.8. The molecule has 0 unspecified atom stereocenters. The molecule has 0 radical (unpaired) electrons. The van der Waals surface area contributed by atoms with Crippen LogP contribution in [-0.2, 0) is 13.0 Å². The second kappa shape index (κ2) is 5.66. The highest BCUT2D eigenvalue weighted by molar-refractivity contribution is 9.11. The van der Waals surface area contributed by atoms with Crippen molar-refractivity contribution in [3.8, 4) is 6.07 Å². The third kappa shape index (κ3) is 2.52. The molecule has 4 nitrogen and oxygen atoms in total. The van der Waals surface area contributed by atoms with E-state index in [4.69, 9.17) is 0 Å². The van der Waals surface area contributed by atoms with Crippen molar-refractivity contribution in [1.29, 1.82) is 5.26 Å². The molecule has 0 saturated carbocycles. The van der Waals surface area contributed by atoms with Gasteiger partial charge in [0.1, 0.15) is 11.1 Å². The van der Waals surface area contributed by atoms with Crippen LogP contribution < -0.4 is 10.6 Å². The predicted molar refractivity (Wildman–Crippen MR) is 84.4 cm³/mol. The van der Waals surface area contributed by atoms with Gasteiger partial charge in [-0.2, -0.15) is 5.26 Å². The lowest BCUT2D eigenvalue weighted by molar-refractivity contribution is 0.103. The van der Waals surface area contributed by atoms with Crippen LogP contribution in [0.3, 0.4) is 0 Å². The monoisotopic (exact) mass is 367 g/mol. The van der Waals surface area contributed by atoms with E-state index in [1.54, 1.807) is 6.07 Å². The van der Waals surface area contributed by atoms with Crippen LogP contribution in [0.1, 0.15) is 25.7 Å². The Bertz CT molecular complexity index is 714. The van der Waals surface area contributed by atoms with Crippen LogP contribution >= 0.6 is 38.6 Å². The Hall–Kier alpha value is -1.20. The minimum absolute atomic E-state index is 0.163. The summed E-state index contributed by atoms with van der Waals surface area (Å²) in [6.07, 6.45) is 0.842. The zero-order chi connectivity index (χ0) is 14.1. The number of hydrogen-bond donors (Lipinski definition) is 2. The van der Waals surface area contributed by atoms with Gasteiger partial charge >= 0.3 is 0 Å². The summed E-state index contributed by atoms with van der Waals surface area (Å²) in [5.74, 6) is -0.163. The number of halogens is 1. The van der Waals surface area contributed by atoms with Gasteiger partial charge in [-0.05, 0) is 46.6 Å². The van der Waals surface area contributed by atoms with Crippen molar-refractivity contribution < 1.29 is 4.79 Å². The van der Waals surface area contributed by atoms with Gasteiger partial charge in [-0.15, -0.1) is 22.7 Å². The minimum Gasteiger partial charge on any atom is -0.312 e. The maximum atomic E-state index is 12.2. The first-order chi connectivity index (χ1) is 9.69. The molecule has 102 valence electrons. The number of anilines is 1. The van der Waals surface area contributed by atoms with Crippen LogP contribution in [0.25, 0.3) is 0 Å². The van der Waals surface area contributed by atoms with Crippen LogP contribution in [0.15, 0.2) is 15.9 Å². The van der Waals surface area contributed by atoms with Gasteiger partial charge in [0.2, 0.25) is 0 Å². The Morgan fingerprint density at radius 2 is 2.30 bits per heavy atom. The van der Waals surface area contributed by atoms with Crippen molar-refractivity contribution in [3.63, 3.8) is 0 Å². The largest absolute Gasteiger partial charge is 0.312 e. The summed E-state index contributed by atoms with van der Waals surface area (Å²) in [6.45, 7) is 1.65. The Balaban J connectivity index is 1.89. The zero-order valence-electron chi connectivity index (χ0n) is 10.3. The molecule has 1 aliphatic heterocycles. The summed E-state index contributed by atoms with van der Waals surface area (Å²) in [6, 6.07) is 5.84. The van der Waals surface area contributed by atoms with E-state index >= 15 is 0 Å². The standard InChI is InChI=1S/C13H10BrN3OS2/c14-11-2-1-9(19-11)12(18)17-13-8(5-15)7-3-4-16-6-10(7)20-13/h1-2,16H,3-4,6H2,(H,17,18). The van der Waals surface area contributed by atoms with Gasteiger partial charge in [0.05, 0.1) is 14.2 Å². The topological polar surface area (TPSA) is 64.9 Å². The summed E-state index contributed by atoms with van der Waals surface area (Å²) in [4.78, 5) is 13.9. The maximum absolute atomic E-state index is 12.2. The molecule has 0 bridgehead atoms. The van der Waals surface area contributed by atoms with Crippen molar-refractivity contribution in [3.05, 3.63) is 36.8 Å². The van der Waals surface area contributed by atoms with E-state index in [0.29, 0.717) is 15.4 Å². The SMILES string of the molecule is N#Cc1c(NC(=O)c2ccc(Br)s2)sc2c1CCNC2. The molecular weight excluding hydrogens is 358 g/mol. The van der Waals surface area contributed by atoms with Gasteiger partial charge in [-0.3, -0.25) is 4.79 Å². The molecule has 7 heteroatoms. The average molecular weight is 368 g/mol. The van der Waals surface area contributed by atoms with E-state index in [9.17, 15) is 10.1 Å². The molecule has 0 aliphatic carbocycles. The molecule has 2 aromatic heterocycles. The van der Waals surface area contributed by atoms with Gasteiger partial charge in [0.15, 0.2) is 0 Å². The van der Waals surface area contributed by atoms with Crippen molar-refractivity contribution in [2.24, 2.45) is 0 Å². The number of thiophene rings is 2. The van der Waals surface area contributed by atoms with Crippen LogP contribution in [0, 0.1) is 11.3 Å². The third-order valence-electron chi connectivity index (χ3n) is 3.06. The van der Waals surface area contributed by atoms with Gasteiger partial charge < -0.3 is 10.6 Å². The van der Waals surface area contributed by atoms with Crippen LogP contribution in [0.5, 0.6) is 0 Å². The van der Waals surface area contributed by atoms with Crippen LogP contribution in [-0.4, -0.2) is 12.5 Å². The van der Waals surface area contributed by atoms with Gasteiger partial charge in [0, 0.05) is 11.4 Å². The van der Waals surface area contributed by atoms with E-state index in [0.717, 1.165) is 33.7 Å². The molecule has 0 atom stereocenters. The molecule has 0 spiro atoms. The fraction of sp³-hybridized carbons (Fsp3) is 0.231. The number of nitriles is 1. The highest BCUT2D eigenvalue weighted by atomic mass is 79.9. The molecular formula is C13H10BrN3OS2. The molecule has 20 heavy (non-hydrogen) atoms. The first-order valence-electron chi connectivity index (χ1n) is 6.01. The second-order valence-corrected chi connectivity index (χ2v) is 7.87.